The first-order valence-corrected chi connectivity index (χ1v) is 5.53. The Bertz CT molecular complexity index is 177. The maximum Gasteiger partial charge on any atom is 0.0599 e. The predicted octanol–water partition coefficient (Wildman–Crippen LogP) is 0.687. The van der Waals surface area contributed by atoms with Crippen LogP contribution in [0.3, 0.4) is 0 Å². The van der Waals surface area contributed by atoms with Crippen LogP contribution in [0.15, 0.2) is 0 Å². The molecule has 0 aliphatic carbocycles. The summed E-state index contributed by atoms with van der Waals surface area (Å²) >= 11 is 0. The molecule has 14 heavy (non-hydrogen) atoms. The lowest BCUT2D eigenvalue weighted by atomic mass is 10.0. The number of hydrogen-bond donors (Lipinski definition) is 2. The largest absolute Gasteiger partial charge is 0.395 e. The molecule has 0 bridgehead atoms. The summed E-state index contributed by atoms with van der Waals surface area (Å²) in [6, 6.07) is 0.264. The van der Waals surface area contributed by atoms with Gasteiger partial charge in [-0.3, -0.25) is 4.90 Å². The van der Waals surface area contributed by atoms with E-state index in [1.807, 2.05) is 0 Å². The van der Waals surface area contributed by atoms with E-state index in [0.29, 0.717) is 5.92 Å². The van der Waals surface area contributed by atoms with E-state index in [2.05, 4.69) is 37.9 Å². The summed E-state index contributed by atoms with van der Waals surface area (Å²) < 4.78 is 0. The predicted molar refractivity (Wildman–Crippen MR) is 59.4 cm³/mol. The maximum absolute atomic E-state index is 9.35. The van der Waals surface area contributed by atoms with Gasteiger partial charge in [-0.25, -0.2) is 0 Å². The van der Waals surface area contributed by atoms with Crippen LogP contribution in [0.2, 0.25) is 0 Å². The molecular formula is C11H24N2O. The molecule has 1 fully saturated rings. The Morgan fingerprint density at radius 3 is 2.50 bits per heavy atom. The second-order valence-corrected chi connectivity index (χ2v) is 5.42. The Kier molecular flexibility index (Phi) is 3.93. The van der Waals surface area contributed by atoms with E-state index in [1.165, 1.54) is 0 Å². The molecule has 0 aromatic carbocycles. The van der Waals surface area contributed by atoms with E-state index in [4.69, 9.17) is 0 Å². The van der Waals surface area contributed by atoms with Crippen molar-refractivity contribution in [2.75, 3.05) is 26.2 Å². The second-order valence-electron chi connectivity index (χ2n) is 5.42. The fourth-order valence-electron chi connectivity index (χ4n) is 2.14. The van der Waals surface area contributed by atoms with Gasteiger partial charge in [-0.05, 0) is 33.2 Å². The van der Waals surface area contributed by atoms with Crippen molar-refractivity contribution in [1.29, 1.82) is 0 Å². The first-order chi connectivity index (χ1) is 6.45. The van der Waals surface area contributed by atoms with Crippen LogP contribution in [0.25, 0.3) is 0 Å². The lowest BCUT2D eigenvalue weighted by Crippen LogP contribution is -2.52. The molecule has 3 heteroatoms. The van der Waals surface area contributed by atoms with Gasteiger partial charge in [0.2, 0.25) is 0 Å². The molecule has 2 unspecified atom stereocenters. The molecule has 0 aromatic heterocycles. The van der Waals surface area contributed by atoms with E-state index in [1.54, 1.807) is 0 Å². The monoisotopic (exact) mass is 200 g/mol. The molecule has 0 saturated carbocycles. The Hall–Kier alpha value is -0.120. The number of nitrogens with one attached hydrogen (secondary N) is 1. The quantitative estimate of drug-likeness (QED) is 0.653. The average Bonchev–Trinajstić information content (AvgIpc) is 2.25. The van der Waals surface area contributed by atoms with E-state index >= 15 is 0 Å². The molecule has 84 valence electrons. The van der Waals surface area contributed by atoms with Crippen LogP contribution >= 0.6 is 0 Å². The first kappa shape index (κ1) is 12.0. The Balaban J connectivity index is 2.73. The third-order valence-electron chi connectivity index (χ3n) is 2.89. The van der Waals surface area contributed by atoms with Crippen molar-refractivity contribution in [2.45, 2.75) is 39.3 Å². The Morgan fingerprint density at radius 1 is 1.36 bits per heavy atom. The second kappa shape index (κ2) is 4.60. The number of hydrogen-bond acceptors (Lipinski definition) is 3. The zero-order valence-corrected chi connectivity index (χ0v) is 9.88. The van der Waals surface area contributed by atoms with Crippen molar-refractivity contribution in [3.05, 3.63) is 0 Å². The zero-order valence-electron chi connectivity index (χ0n) is 9.88. The Labute approximate surface area is 87.5 Å². The molecule has 1 saturated heterocycles. The van der Waals surface area contributed by atoms with Crippen LogP contribution in [0.4, 0.5) is 0 Å². The van der Waals surface area contributed by atoms with Gasteiger partial charge in [-0.15, -0.1) is 0 Å². The van der Waals surface area contributed by atoms with Crippen molar-refractivity contribution in [2.24, 2.45) is 5.92 Å². The van der Waals surface area contributed by atoms with Crippen LogP contribution in [-0.2, 0) is 0 Å². The molecule has 1 aliphatic rings. The van der Waals surface area contributed by atoms with Crippen LogP contribution in [0, 0.1) is 5.92 Å². The van der Waals surface area contributed by atoms with Crippen LogP contribution in [0.5, 0.6) is 0 Å². The minimum atomic E-state index is 0.147. The summed E-state index contributed by atoms with van der Waals surface area (Å²) in [5.74, 6) is 0.658. The summed E-state index contributed by atoms with van der Waals surface area (Å²) in [5.41, 5.74) is 0.147. The number of nitrogens with zero attached hydrogens (tertiary/aromatic N) is 1. The number of rotatable bonds is 1. The van der Waals surface area contributed by atoms with Gasteiger partial charge < -0.3 is 10.4 Å². The summed E-state index contributed by atoms with van der Waals surface area (Å²) in [6.07, 6.45) is 0. The molecule has 3 nitrogen and oxygen atoms in total. The van der Waals surface area contributed by atoms with Gasteiger partial charge in [0.1, 0.15) is 0 Å². The van der Waals surface area contributed by atoms with Crippen molar-refractivity contribution < 1.29 is 5.11 Å². The van der Waals surface area contributed by atoms with Gasteiger partial charge in [-0.2, -0.15) is 0 Å². The van der Waals surface area contributed by atoms with E-state index < -0.39 is 0 Å². The van der Waals surface area contributed by atoms with Crippen molar-refractivity contribution in [1.82, 2.24) is 10.2 Å². The van der Waals surface area contributed by atoms with Gasteiger partial charge >= 0.3 is 0 Å². The van der Waals surface area contributed by atoms with Gasteiger partial charge in [0.05, 0.1) is 6.61 Å². The molecular weight excluding hydrogens is 176 g/mol. The normalized spacial score (nSPS) is 31.5. The number of aliphatic hydroxyl groups is 1. The summed E-state index contributed by atoms with van der Waals surface area (Å²) in [6.45, 7) is 12.2. The van der Waals surface area contributed by atoms with Gasteiger partial charge in [0.15, 0.2) is 0 Å². The van der Waals surface area contributed by atoms with Gasteiger partial charge in [0, 0.05) is 24.7 Å². The van der Waals surface area contributed by atoms with Crippen LogP contribution < -0.4 is 5.32 Å². The molecule has 1 heterocycles. The Morgan fingerprint density at radius 2 is 2.00 bits per heavy atom. The van der Waals surface area contributed by atoms with Gasteiger partial charge in [-0.1, -0.05) is 6.92 Å². The molecule has 0 spiro atoms. The SMILES string of the molecule is CC1CNCC(CO)N(C(C)(C)C)C1. The zero-order chi connectivity index (χ0) is 10.8. The molecule has 0 amide bonds. The minimum absolute atomic E-state index is 0.147. The van der Waals surface area contributed by atoms with Crippen molar-refractivity contribution in [3.8, 4) is 0 Å². The molecule has 2 N–H and O–H groups in total. The standard InChI is InChI=1S/C11H24N2O/c1-9-5-12-6-10(8-14)13(7-9)11(2,3)4/h9-10,12,14H,5-8H2,1-4H3. The lowest BCUT2D eigenvalue weighted by molar-refractivity contribution is 0.0466. The smallest absolute Gasteiger partial charge is 0.0599 e. The van der Waals surface area contributed by atoms with E-state index in [9.17, 15) is 5.11 Å². The first-order valence-electron chi connectivity index (χ1n) is 5.53. The van der Waals surface area contributed by atoms with Crippen LogP contribution in [0.1, 0.15) is 27.7 Å². The van der Waals surface area contributed by atoms with Crippen LogP contribution in [-0.4, -0.2) is 47.8 Å². The fourth-order valence-corrected chi connectivity index (χ4v) is 2.14. The maximum atomic E-state index is 9.35. The highest BCUT2D eigenvalue weighted by Crippen LogP contribution is 2.20. The summed E-state index contributed by atoms with van der Waals surface area (Å²) in [5, 5.41) is 12.8. The molecule has 1 aliphatic heterocycles. The van der Waals surface area contributed by atoms with Crippen molar-refractivity contribution >= 4 is 0 Å². The van der Waals surface area contributed by atoms with Crippen molar-refractivity contribution in [3.63, 3.8) is 0 Å². The highest BCUT2D eigenvalue weighted by molar-refractivity contribution is 4.87. The van der Waals surface area contributed by atoms with Gasteiger partial charge in [0.25, 0.3) is 0 Å². The summed E-state index contributed by atoms with van der Waals surface area (Å²) in [7, 11) is 0. The highest BCUT2D eigenvalue weighted by atomic mass is 16.3. The third-order valence-corrected chi connectivity index (χ3v) is 2.89. The topological polar surface area (TPSA) is 35.5 Å². The number of aliphatic hydroxyl groups excluding tert-OH is 1. The lowest BCUT2D eigenvalue weighted by Gasteiger charge is -2.40. The summed E-state index contributed by atoms with van der Waals surface area (Å²) in [4.78, 5) is 2.41. The molecule has 1 rings (SSSR count). The molecule has 0 radical (unpaired) electrons. The molecule has 0 aromatic rings. The fraction of sp³-hybridized carbons (Fsp3) is 1.00. The molecule has 2 atom stereocenters. The third kappa shape index (κ3) is 2.94. The highest BCUT2D eigenvalue weighted by Gasteiger charge is 2.31. The van der Waals surface area contributed by atoms with E-state index in [0.717, 1.165) is 19.6 Å². The average molecular weight is 200 g/mol. The minimum Gasteiger partial charge on any atom is -0.395 e. The van der Waals surface area contributed by atoms with E-state index in [-0.39, 0.29) is 18.2 Å².